The van der Waals surface area contributed by atoms with Crippen molar-refractivity contribution in [3.63, 3.8) is 0 Å². The van der Waals surface area contributed by atoms with E-state index in [0.29, 0.717) is 13.2 Å². The Morgan fingerprint density at radius 1 is 1.30 bits per heavy atom. The molecule has 20 heavy (non-hydrogen) atoms. The lowest BCUT2D eigenvalue weighted by Crippen LogP contribution is -2.29. The van der Waals surface area contributed by atoms with Crippen molar-refractivity contribution in [2.24, 2.45) is 0 Å². The van der Waals surface area contributed by atoms with Crippen molar-refractivity contribution in [3.05, 3.63) is 35.9 Å². The minimum absolute atomic E-state index is 0. The Labute approximate surface area is 123 Å². The first-order chi connectivity index (χ1) is 9.72. The standard InChI is InChI=1S/C16H26N2O2.H2/c1-3-4-8-11-17-16(19)20-13-12-18(2)14-15-9-6-5-7-10-15;/h5-7,9-10H,3-4,8,11-14H2,1-2H3,(H,17,19);1H. The zero-order valence-corrected chi connectivity index (χ0v) is 12.6. The monoisotopic (exact) mass is 280 g/mol. The van der Waals surface area contributed by atoms with Crippen molar-refractivity contribution in [3.8, 4) is 0 Å². The Bertz CT molecular complexity index is 374. The number of carbonyl (C=O) groups excluding carboxylic acids is 1. The molecule has 4 nitrogen and oxygen atoms in total. The number of hydrogen-bond acceptors (Lipinski definition) is 3. The first-order valence-corrected chi connectivity index (χ1v) is 7.35. The van der Waals surface area contributed by atoms with E-state index in [1.807, 2.05) is 25.2 Å². The predicted octanol–water partition coefficient (Wildman–Crippen LogP) is 3.28. The van der Waals surface area contributed by atoms with Crippen LogP contribution in [0.5, 0.6) is 0 Å². The summed E-state index contributed by atoms with van der Waals surface area (Å²) in [5, 5.41) is 2.76. The molecule has 0 radical (unpaired) electrons. The maximum atomic E-state index is 11.4. The van der Waals surface area contributed by atoms with E-state index in [1.165, 1.54) is 5.56 Å². The predicted molar refractivity (Wildman–Crippen MR) is 83.8 cm³/mol. The second-order valence-corrected chi connectivity index (χ2v) is 4.99. The molecule has 0 unspecified atom stereocenters. The van der Waals surface area contributed by atoms with Gasteiger partial charge in [0, 0.05) is 21.1 Å². The fourth-order valence-corrected chi connectivity index (χ4v) is 1.88. The molecule has 0 saturated carbocycles. The summed E-state index contributed by atoms with van der Waals surface area (Å²) in [6, 6.07) is 10.3. The lowest BCUT2D eigenvalue weighted by atomic mass is 10.2. The number of rotatable bonds is 9. The highest BCUT2D eigenvalue weighted by Crippen LogP contribution is 2.02. The van der Waals surface area contributed by atoms with E-state index >= 15 is 0 Å². The molecule has 0 aliphatic heterocycles. The van der Waals surface area contributed by atoms with Crippen molar-refractivity contribution < 1.29 is 11.0 Å². The third-order valence-corrected chi connectivity index (χ3v) is 3.05. The summed E-state index contributed by atoms with van der Waals surface area (Å²) in [5.41, 5.74) is 1.26. The van der Waals surface area contributed by atoms with Gasteiger partial charge in [-0.2, -0.15) is 0 Å². The number of nitrogens with zero attached hydrogens (tertiary/aromatic N) is 1. The van der Waals surface area contributed by atoms with Crippen LogP contribution in [0.2, 0.25) is 0 Å². The van der Waals surface area contributed by atoms with Gasteiger partial charge in [0.05, 0.1) is 0 Å². The second-order valence-electron chi connectivity index (χ2n) is 4.99. The summed E-state index contributed by atoms with van der Waals surface area (Å²) in [7, 11) is 2.02. The summed E-state index contributed by atoms with van der Waals surface area (Å²) in [6.07, 6.45) is 3.00. The average molecular weight is 280 g/mol. The molecule has 0 heterocycles. The Balaban J connectivity index is 0.00000400. The Kier molecular flexibility index (Phi) is 8.47. The van der Waals surface area contributed by atoms with Crippen LogP contribution in [0.15, 0.2) is 30.3 Å². The van der Waals surface area contributed by atoms with Gasteiger partial charge in [-0.3, -0.25) is 4.90 Å². The van der Waals surface area contributed by atoms with Gasteiger partial charge in [-0.25, -0.2) is 4.79 Å². The van der Waals surface area contributed by atoms with Gasteiger partial charge in [0.1, 0.15) is 6.61 Å². The molecule has 1 rings (SSSR count). The largest absolute Gasteiger partial charge is 0.448 e. The highest BCUT2D eigenvalue weighted by Gasteiger charge is 2.03. The number of hydrogen-bond donors (Lipinski definition) is 1. The molecule has 0 aromatic heterocycles. The van der Waals surface area contributed by atoms with Crippen LogP contribution in [0.25, 0.3) is 0 Å². The smallest absolute Gasteiger partial charge is 0.407 e. The van der Waals surface area contributed by atoms with E-state index in [4.69, 9.17) is 4.74 Å². The van der Waals surface area contributed by atoms with Crippen molar-refractivity contribution in [2.45, 2.75) is 32.7 Å². The number of likely N-dealkylation sites (N-methyl/N-ethyl adjacent to an activating group) is 1. The number of benzene rings is 1. The van der Waals surface area contributed by atoms with Crippen molar-refractivity contribution >= 4 is 6.09 Å². The fourth-order valence-electron chi connectivity index (χ4n) is 1.88. The number of alkyl carbamates (subject to hydrolysis) is 1. The number of nitrogens with one attached hydrogen (secondary N) is 1. The molecular formula is C16H28N2O2. The van der Waals surface area contributed by atoms with Crippen LogP contribution in [-0.4, -0.2) is 37.7 Å². The molecule has 114 valence electrons. The summed E-state index contributed by atoms with van der Waals surface area (Å²) in [5.74, 6) is 0. The first kappa shape index (κ1) is 16.5. The van der Waals surface area contributed by atoms with E-state index in [-0.39, 0.29) is 7.52 Å². The highest BCUT2D eigenvalue weighted by molar-refractivity contribution is 5.66. The van der Waals surface area contributed by atoms with E-state index < -0.39 is 0 Å². The molecule has 1 aromatic rings. The molecule has 4 heteroatoms. The first-order valence-electron chi connectivity index (χ1n) is 7.35. The summed E-state index contributed by atoms with van der Waals surface area (Å²) >= 11 is 0. The van der Waals surface area contributed by atoms with E-state index in [9.17, 15) is 4.79 Å². The van der Waals surface area contributed by atoms with Crippen LogP contribution < -0.4 is 5.32 Å². The maximum absolute atomic E-state index is 11.4. The molecule has 1 aromatic carbocycles. The van der Waals surface area contributed by atoms with Crippen LogP contribution in [0.1, 0.15) is 33.2 Å². The second kappa shape index (κ2) is 10.3. The lowest BCUT2D eigenvalue weighted by Gasteiger charge is -2.16. The molecule has 1 N–H and O–H groups in total. The summed E-state index contributed by atoms with van der Waals surface area (Å²) in [4.78, 5) is 13.5. The Morgan fingerprint density at radius 2 is 2.05 bits per heavy atom. The topological polar surface area (TPSA) is 41.6 Å². The van der Waals surface area contributed by atoms with Crippen molar-refractivity contribution in [2.75, 3.05) is 26.7 Å². The van der Waals surface area contributed by atoms with Crippen LogP contribution in [0, 0.1) is 0 Å². The highest BCUT2D eigenvalue weighted by atomic mass is 16.5. The average Bonchev–Trinajstić information content (AvgIpc) is 2.45. The number of unbranched alkanes of at least 4 members (excludes halogenated alkanes) is 2. The summed E-state index contributed by atoms with van der Waals surface area (Å²) < 4.78 is 5.14. The van der Waals surface area contributed by atoms with Crippen LogP contribution >= 0.6 is 0 Å². The molecule has 0 bridgehead atoms. The third kappa shape index (κ3) is 7.79. The van der Waals surface area contributed by atoms with E-state index in [1.54, 1.807) is 0 Å². The van der Waals surface area contributed by atoms with Gasteiger partial charge >= 0.3 is 6.09 Å². The van der Waals surface area contributed by atoms with Crippen molar-refractivity contribution in [1.82, 2.24) is 10.2 Å². The third-order valence-electron chi connectivity index (χ3n) is 3.05. The SMILES string of the molecule is CCCCCNC(=O)OCCN(C)Cc1ccccc1.[HH]. The Hall–Kier alpha value is -1.55. The van der Waals surface area contributed by atoms with Gasteiger partial charge < -0.3 is 10.1 Å². The van der Waals surface area contributed by atoms with E-state index in [0.717, 1.165) is 32.4 Å². The minimum atomic E-state index is -0.311. The van der Waals surface area contributed by atoms with Crippen LogP contribution in [-0.2, 0) is 11.3 Å². The van der Waals surface area contributed by atoms with Crippen molar-refractivity contribution in [1.29, 1.82) is 0 Å². The summed E-state index contributed by atoms with van der Waals surface area (Å²) in [6.45, 7) is 4.86. The molecule has 1 amide bonds. The lowest BCUT2D eigenvalue weighted by molar-refractivity contribution is 0.131. The van der Waals surface area contributed by atoms with Gasteiger partial charge in [0.15, 0.2) is 0 Å². The van der Waals surface area contributed by atoms with Gasteiger partial charge in [0.25, 0.3) is 0 Å². The van der Waals surface area contributed by atoms with Gasteiger partial charge in [-0.15, -0.1) is 0 Å². The van der Waals surface area contributed by atoms with E-state index in [2.05, 4.69) is 29.3 Å². The molecule has 0 aliphatic carbocycles. The molecular weight excluding hydrogens is 252 g/mol. The maximum Gasteiger partial charge on any atom is 0.407 e. The number of carbonyl (C=O) groups is 1. The molecule has 0 aliphatic rings. The zero-order chi connectivity index (χ0) is 14.6. The molecule has 0 spiro atoms. The van der Waals surface area contributed by atoms with Gasteiger partial charge in [-0.1, -0.05) is 50.1 Å². The van der Waals surface area contributed by atoms with Crippen LogP contribution in [0.3, 0.4) is 0 Å². The Morgan fingerprint density at radius 3 is 2.75 bits per heavy atom. The molecule has 0 fully saturated rings. The normalized spacial score (nSPS) is 10.6. The molecule has 0 saturated heterocycles. The number of amides is 1. The fraction of sp³-hybridized carbons (Fsp3) is 0.562. The zero-order valence-electron chi connectivity index (χ0n) is 12.6. The van der Waals surface area contributed by atoms with Gasteiger partial charge in [0.2, 0.25) is 0 Å². The molecule has 0 atom stereocenters. The quantitative estimate of drug-likeness (QED) is 0.706. The van der Waals surface area contributed by atoms with Gasteiger partial charge in [-0.05, 0) is 19.0 Å². The number of ether oxygens (including phenoxy) is 1. The minimum Gasteiger partial charge on any atom is -0.448 e. The van der Waals surface area contributed by atoms with Crippen LogP contribution in [0.4, 0.5) is 4.79 Å².